The summed E-state index contributed by atoms with van der Waals surface area (Å²) in [6.07, 6.45) is 16.0. The molecule has 8 nitrogen and oxygen atoms in total. The highest BCUT2D eigenvalue weighted by Crippen LogP contribution is 2.27. The summed E-state index contributed by atoms with van der Waals surface area (Å²) in [7, 11) is 0. The number of nitrogens with zero attached hydrogens (tertiary/aromatic N) is 1. The Morgan fingerprint density at radius 2 is 1.91 bits per heavy atom. The quantitative estimate of drug-likeness (QED) is 0.167. The van der Waals surface area contributed by atoms with Gasteiger partial charge in [0.15, 0.2) is 5.25 Å². The molecule has 0 aromatic heterocycles. The molecule has 0 aromatic rings. The molecule has 0 aliphatic heterocycles. The van der Waals surface area contributed by atoms with Crippen LogP contribution in [0.1, 0.15) is 46.0 Å². The summed E-state index contributed by atoms with van der Waals surface area (Å²) in [4.78, 5) is 47.4. The third-order valence-corrected chi connectivity index (χ3v) is 6.23. The molecule has 0 heterocycles. The van der Waals surface area contributed by atoms with E-state index >= 15 is 0 Å². The van der Waals surface area contributed by atoms with Crippen LogP contribution in [0.5, 0.6) is 0 Å². The highest BCUT2D eigenvalue weighted by Gasteiger charge is 2.40. The molecular formula is C26H29NO7S. The molecule has 186 valence electrons. The molecule has 2 atom stereocenters. The minimum atomic E-state index is -1.83. The fourth-order valence-electron chi connectivity index (χ4n) is 3.29. The zero-order chi connectivity index (χ0) is 25.8. The maximum absolute atomic E-state index is 12.4. The molecule has 0 fully saturated rings. The molecule has 2 aliphatic rings. The highest BCUT2D eigenvalue weighted by atomic mass is 32.2. The first-order valence-electron chi connectivity index (χ1n) is 11.1. The van der Waals surface area contributed by atoms with E-state index in [0.717, 1.165) is 24.0 Å². The van der Waals surface area contributed by atoms with Crippen molar-refractivity contribution in [1.82, 2.24) is 0 Å². The van der Waals surface area contributed by atoms with Crippen molar-refractivity contribution in [1.29, 1.82) is 0 Å². The maximum Gasteiger partial charge on any atom is 0.328 e. The van der Waals surface area contributed by atoms with Gasteiger partial charge in [0, 0.05) is 5.18 Å². The third kappa shape index (κ3) is 9.01. The SMILES string of the molecule is C=C(OC(C(=O)N=O)C(SOC(=O)C/C1=C/C/C=C(/CC)CC=C1)C(=O)O)C1=CC=C(C)C=CC1. The lowest BCUT2D eigenvalue weighted by Gasteiger charge is -2.22. The number of carboxylic acids is 1. The van der Waals surface area contributed by atoms with Gasteiger partial charge in [0.1, 0.15) is 5.76 Å². The zero-order valence-electron chi connectivity index (χ0n) is 19.8. The van der Waals surface area contributed by atoms with Crippen LogP contribution >= 0.6 is 12.0 Å². The molecule has 1 N–H and O–H groups in total. The van der Waals surface area contributed by atoms with Crippen LogP contribution in [-0.2, 0) is 23.3 Å². The lowest BCUT2D eigenvalue weighted by atomic mass is 10.0. The first-order chi connectivity index (χ1) is 16.7. The van der Waals surface area contributed by atoms with Crippen LogP contribution in [0.25, 0.3) is 0 Å². The fourth-order valence-corrected chi connectivity index (χ4v) is 3.91. The van der Waals surface area contributed by atoms with Gasteiger partial charge in [0.05, 0.1) is 18.5 Å². The van der Waals surface area contributed by atoms with Crippen molar-refractivity contribution in [3.05, 3.63) is 88.1 Å². The number of nitroso groups, excluding NO2 is 1. The normalized spacial score (nSPS) is 20.2. The summed E-state index contributed by atoms with van der Waals surface area (Å²) < 4.78 is 10.6. The number of carbonyl (C=O) groups is 3. The van der Waals surface area contributed by atoms with Gasteiger partial charge >= 0.3 is 17.8 Å². The van der Waals surface area contributed by atoms with E-state index in [1.54, 1.807) is 6.08 Å². The molecule has 9 heteroatoms. The maximum atomic E-state index is 12.4. The van der Waals surface area contributed by atoms with Gasteiger partial charge in [-0.1, -0.05) is 73.3 Å². The molecular weight excluding hydrogens is 470 g/mol. The lowest BCUT2D eigenvalue weighted by molar-refractivity contribution is -0.142. The topological polar surface area (TPSA) is 119 Å². The summed E-state index contributed by atoms with van der Waals surface area (Å²) in [6.45, 7) is 7.75. The van der Waals surface area contributed by atoms with E-state index < -0.39 is 29.2 Å². The van der Waals surface area contributed by atoms with E-state index in [1.807, 2.05) is 43.4 Å². The van der Waals surface area contributed by atoms with Crippen LogP contribution < -0.4 is 0 Å². The molecule has 0 saturated carbocycles. The summed E-state index contributed by atoms with van der Waals surface area (Å²) >= 11 is 0.241. The van der Waals surface area contributed by atoms with E-state index in [0.29, 0.717) is 18.4 Å². The average molecular weight is 500 g/mol. The Kier molecular flexibility index (Phi) is 11.2. The Balaban J connectivity index is 2.07. The predicted octanol–water partition coefficient (Wildman–Crippen LogP) is 5.66. The fraction of sp³-hybridized carbons (Fsp3) is 0.346. The van der Waals surface area contributed by atoms with E-state index in [9.17, 15) is 24.4 Å². The van der Waals surface area contributed by atoms with Gasteiger partial charge < -0.3 is 14.0 Å². The number of amides is 1. The van der Waals surface area contributed by atoms with Crippen LogP contribution in [0.2, 0.25) is 0 Å². The number of aliphatic carboxylic acids is 1. The number of hydrogen-bond acceptors (Lipinski definition) is 7. The van der Waals surface area contributed by atoms with Crippen molar-refractivity contribution in [3.8, 4) is 0 Å². The van der Waals surface area contributed by atoms with Crippen molar-refractivity contribution >= 4 is 29.9 Å². The van der Waals surface area contributed by atoms with Crippen molar-refractivity contribution in [2.45, 2.75) is 57.3 Å². The number of hydrogen-bond donors (Lipinski definition) is 1. The van der Waals surface area contributed by atoms with Crippen LogP contribution in [0.15, 0.2) is 88.4 Å². The van der Waals surface area contributed by atoms with Crippen LogP contribution in [0.4, 0.5) is 0 Å². The van der Waals surface area contributed by atoms with Gasteiger partial charge in [-0.2, -0.15) is 0 Å². The first kappa shape index (κ1) is 27.8. The van der Waals surface area contributed by atoms with Crippen molar-refractivity contribution in [2.75, 3.05) is 0 Å². The largest absolute Gasteiger partial charge is 0.480 e. The molecule has 2 unspecified atom stereocenters. The second-order valence-electron chi connectivity index (χ2n) is 7.92. The number of ether oxygens (including phenoxy) is 1. The monoisotopic (exact) mass is 499 g/mol. The molecule has 35 heavy (non-hydrogen) atoms. The molecule has 1 amide bonds. The second kappa shape index (κ2) is 14.1. The molecule has 0 radical (unpaired) electrons. The van der Waals surface area contributed by atoms with Gasteiger partial charge in [-0.05, 0) is 43.8 Å². The summed E-state index contributed by atoms with van der Waals surface area (Å²) in [5.74, 6) is -3.53. The Morgan fingerprint density at radius 3 is 2.60 bits per heavy atom. The van der Waals surface area contributed by atoms with Crippen LogP contribution in [-0.4, -0.2) is 34.3 Å². The van der Waals surface area contributed by atoms with E-state index in [2.05, 4.69) is 24.8 Å². The Labute approximate surface area is 209 Å². The number of rotatable bonds is 11. The molecule has 2 aliphatic carbocycles. The first-order valence-corrected chi connectivity index (χ1v) is 11.9. The van der Waals surface area contributed by atoms with E-state index in [1.165, 1.54) is 5.57 Å². The van der Waals surface area contributed by atoms with Crippen LogP contribution in [0.3, 0.4) is 0 Å². The minimum Gasteiger partial charge on any atom is -0.480 e. The standard InChI is InChI=1S/C26H29NO7S/c1-4-19-9-6-11-20(12-7-10-19)16-22(28)34-35-24(26(30)31)23(25(29)27-32)33-18(3)21-13-5-8-17(2)14-15-21/h5-6,8,10-12,14-15,23-24H,3-4,7,9,13,16H2,1-2H3,(H,30,31)/b11-6?,19-10-,20-12+. The Morgan fingerprint density at radius 1 is 1.17 bits per heavy atom. The summed E-state index contributed by atoms with van der Waals surface area (Å²) in [5.41, 5.74) is 3.62. The van der Waals surface area contributed by atoms with Gasteiger partial charge in [-0.15, -0.1) is 4.91 Å². The molecule has 0 aromatic carbocycles. The predicted molar refractivity (Wildman–Crippen MR) is 135 cm³/mol. The minimum absolute atomic E-state index is 0.0186. The number of carbonyl (C=O) groups excluding carboxylic acids is 2. The zero-order valence-corrected chi connectivity index (χ0v) is 20.6. The van der Waals surface area contributed by atoms with E-state index in [4.69, 9.17) is 8.92 Å². The molecule has 0 bridgehead atoms. The average Bonchev–Trinajstić information content (AvgIpc) is 3.03. The van der Waals surface area contributed by atoms with Gasteiger partial charge in [-0.3, -0.25) is 14.4 Å². The van der Waals surface area contributed by atoms with E-state index in [-0.39, 0.29) is 24.2 Å². The van der Waals surface area contributed by atoms with Crippen molar-refractivity contribution < 1.29 is 28.4 Å². The highest BCUT2D eigenvalue weighted by molar-refractivity contribution is 7.96. The summed E-state index contributed by atoms with van der Waals surface area (Å²) in [5, 5.41) is 10.3. The number of allylic oxidation sites excluding steroid dienone is 11. The second-order valence-corrected chi connectivity index (χ2v) is 8.79. The molecule has 2 rings (SSSR count). The Bertz CT molecular complexity index is 1050. The van der Waals surface area contributed by atoms with Crippen molar-refractivity contribution in [2.24, 2.45) is 5.18 Å². The molecule has 0 spiro atoms. The van der Waals surface area contributed by atoms with Gasteiger partial charge in [0.25, 0.3) is 0 Å². The Hall–Kier alpha value is -3.46. The van der Waals surface area contributed by atoms with Crippen LogP contribution in [0, 0.1) is 4.91 Å². The van der Waals surface area contributed by atoms with Gasteiger partial charge in [-0.25, -0.2) is 0 Å². The van der Waals surface area contributed by atoms with Gasteiger partial charge in [0.2, 0.25) is 6.10 Å². The number of carboxylic acid groups (broad SMARTS) is 1. The lowest BCUT2D eigenvalue weighted by Crippen LogP contribution is -2.39. The molecule has 0 saturated heterocycles. The van der Waals surface area contributed by atoms with Crippen molar-refractivity contribution in [3.63, 3.8) is 0 Å². The summed E-state index contributed by atoms with van der Waals surface area (Å²) in [6, 6.07) is 0. The smallest absolute Gasteiger partial charge is 0.328 e. The third-order valence-electron chi connectivity index (χ3n) is 5.29.